The quantitative estimate of drug-likeness (QED) is 0.626. The Balaban J connectivity index is 1.59. The summed E-state index contributed by atoms with van der Waals surface area (Å²) in [5.41, 5.74) is 1.98. The van der Waals surface area contributed by atoms with Gasteiger partial charge in [0.25, 0.3) is 5.69 Å². The minimum Gasteiger partial charge on any atom is -0.369 e. The van der Waals surface area contributed by atoms with Gasteiger partial charge in [0, 0.05) is 50.5 Å². The van der Waals surface area contributed by atoms with E-state index in [1.54, 1.807) is 24.3 Å². The maximum absolute atomic E-state index is 11.3. The molecule has 0 radical (unpaired) electrons. The van der Waals surface area contributed by atoms with Crippen LogP contribution in [0.15, 0.2) is 53.4 Å². The number of sulfonamides is 1. The fraction of sp³-hybridized carbons (Fsp3) is 0.294. The van der Waals surface area contributed by atoms with Crippen molar-refractivity contribution in [1.29, 1.82) is 0 Å². The molecule has 0 aliphatic carbocycles. The number of piperazine rings is 1. The summed E-state index contributed by atoms with van der Waals surface area (Å²) in [6, 6.07) is 13.2. The summed E-state index contributed by atoms with van der Waals surface area (Å²) in [4.78, 5) is 15.0. The molecule has 1 fully saturated rings. The Labute approximate surface area is 152 Å². The average Bonchev–Trinajstić information content (AvgIpc) is 2.62. The Morgan fingerprint density at radius 1 is 1.04 bits per heavy atom. The van der Waals surface area contributed by atoms with Crippen molar-refractivity contribution < 1.29 is 13.3 Å². The third kappa shape index (κ3) is 4.37. The molecule has 138 valence electrons. The van der Waals surface area contributed by atoms with Crippen molar-refractivity contribution in [1.82, 2.24) is 4.90 Å². The molecule has 3 rings (SSSR count). The molecule has 2 N–H and O–H groups in total. The summed E-state index contributed by atoms with van der Waals surface area (Å²) in [5.74, 6) is 0. The van der Waals surface area contributed by atoms with Gasteiger partial charge in [-0.1, -0.05) is 12.1 Å². The van der Waals surface area contributed by atoms with Crippen LogP contribution in [0, 0.1) is 10.1 Å². The Kier molecular flexibility index (Phi) is 5.21. The zero-order valence-electron chi connectivity index (χ0n) is 14.1. The number of non-ortho nitro benzene ring substituents is 1. The van der Waals surface area contributed by atoms with E-state index in [4.69, 9.17) is 5.14 Å². The number of anilines is 1. The van der Waals surface area contributed by atoms with Gasteiger partial charge in [-0.2, -0.15) is 0 Å². The average molecular weight is 376 g/mol. The largest absolute Gasteiger partial charge is 0.369 e. The standard InChI is InChI=1S/C17H20N4O4S/c18-26(24,25)17-6-4-15(5-7-17)20-10-8-19(9-11-20)13-14-2-1-3-16(12-14)21(22)23/h1-7,12H,8-11,13H2,(H2,18,24,25). The Morgan fingerprint density at radius 3 is 2.27 bits per heavy atom. The lowest BCUT2D eigenvalue weighted by atomic mass is 10.1. The molecule has 0 amide bonds. The lowest BCUT2D eigenvalue weighted by Crippen LogP contribution is -2.45. The number of benzene rings is 2. The molecule has 1 aliphatic rings. The molecular weight excluding hydrogens is 356 g/mol. The molecule has 1 aliphatic heterocycles. The molecule has 1 saturated heterocycles. The van der Waals surface area contributed by atoms with E-state index in [9.17, 15) is 18.5 Å². The second kappa shape index (κ2) is 7.40. The van der Waals surface area contributed by atoms with E-state index in [0.29, 0.717) is 6.54 Å². The van der Waals surface area contributed by atoms with Gasteiger partial charge < -0.3 is 4.90 Å². The normalized spacial score (nSPS) is 15.8. The summed E-state index contributed by atoms with van der Waals surface area (Å²) >= 11 is 0. The predicted molar refractivity (Wildman–Crippen MR) is 98.4 cm³/mol. The van der Waals surface area contributed by atoms with E-state index in [-0.39, 0.29) is 15.5 Å². The van der Waals surface area contributed by atoms with Crippen LogP contribution in [-0.4, -0.2) is 44.4 Å². The molecule has 0 saturated carbocycles. The summed E-state index contributed by atoms with van der Waals surface area (Å²) in [7, 11) is -3.68. The van der Waals surface area contributed by atoms with Gasteiger partial charge in [0.2, 0.25) is 10.0 Å². The Morgan fingerprint density at radius 2 is 1.69 bits per heavy atom. The molecule has 0 bridgehead atoms. The molecule has 0 spiro atoms. The minimum absolute atomic E-state index is 0.102. The van der Waals surface area contributed by atoms with Gasteiger partial charge in [0.05, 0.1) is 9.82 Å². The molecule has 0 unspecified atom stereocenters. The van der Waals surface area contributed by atoms with Crippen LogP contribution in [-0.2, 0) is 16.6 Å². The van der Waals surface area contributed by atoms with Gasteiger partial charge in [0.15, 0.2) is 0 Å². The number of rotatable bonds is 5. The van der Waals surface area contributed by atoms with Crippen molar-refractivity contribution in [3.05, 3.63) is 64.2 Å². The van der Waals surface area contributed by atoms with E-state index in [2.05, 4.69) is 9.80 Å². The number of nitro benzene ring substituents is 1. The third-order valence-corrected chi connectivity index (χ3v) is 5.36. The number of hydrogen-bond donors (Lipinski definition) is 1. The number of primary sulfonamides is 1. The first kappa shape index (κ1) is 18.3. The fourth-order valence-corrected chi connectivity index (χ4v) is 3.55. The highest BCUT2D eigenvalue weighted by molar-refractivity contribution is 7.89. The monoisotopic (exact) mass is 376 g/mol. The van der Waals surface area contributed by atoms with Crippen LogP contribution in [0.2, 0.25) is 0 Å². The number of nitrogens with two attached hydrogens (primary N) is 1. The molecule has 26 heavy (non-hydrogen) atoms. The molecular formula is C17H20N4O4S. The second-order valence-corrected chi connectivity index (χ2v) is 7.79. The maximum atomic E-state index is 11.3. The van der Waals surface area contributed by atoms with Crippen LogP contribution in [0.5, 0.6) is 0 Å². The molecule has 1 heterocycles. The van der Waals surface area contributed by atoms with Gasteiger partial charge in [-0.25, -0.2) is 13.6 Å². The van der Waals surface area contributed by atoms with Crippen LogP contribution in [0.1, 0.15) is 5.56 Å². The van der Waals surface area contributed by atoms with Crippen molar-refractivity contribution in [3.8, 4) is 0 Å². The van der Waals surface area contributed by atoms with Gasteiger partial charge in [-0.3, -0.25) is 15.0 Å². The topological polar surface area (TPSA) is 110 Å². The van der Waals surface area contributed by atoms with E-state index in [1.165, 1.54) is 18.2 Å². The molecule has 9 heteroatoms. The Bertz CT molecular complexity index is 891. The van der Waals surface area contributed by atoms with E-state index >= 15 is 0 Å². The summed E-state index contributed by atoms with van der Waals surface area (Å²) < 4.78 is 22.6. The third-order valence-electron chi connectivity index (χ3n) is 4.43. The van der Waals surface area contributed by atoms with Crippen molar-refractivity contribution in [2.24, 2.45) is 5.14 Å². The molecule has 2 aromatic carbocycles. The van der Waals surface area contributed by atoms with Crippen molar-refractivity contribution >= 4 is 21.4 Å². The summed E-state index contributed by atoms with van der Waals surface area (Å²) in [6.45, 7) is 3.90. The van der Waals surface area contributed by atoms with Gasteiger partial charge in [-0.05, 0) is 29.8 Å². The first-order valence-corrected chi connectivity index (χ1v) is 9.71. The Hall–Kier alpha value is -2.49. The number of nitrogens with zero attached hydrogens (tertiary/aromatic N) is 3. The van der Waals surface area contributed by atoms with Crippen LogP contribution >= 0.6 is 0 Å². The van der Waals surface area contributed by atoms with Crippen LogP contribution < -0.4 is 10.0 Å². The van der Waals surface area contributed by atoms with Crippen LogP contribution in [0.4, 0.5) is 11.4 Å². The first-order valence-electron chi connectivity index (χ1n) is 8.16. The smallest absolute Gasteiger partial charge is 0.269 e. The molecule has 2 aromatic rings. The van der Waals surface area contributed by atoms with Crippen LogP contribution in [0.3, 0.4) is 0 Å². The lowest BCUT2D eigenvalue weighted by Gasteiger charge is -2.36. The number of nitro groups is 1. The van der Waals surface area contributed by atoms with Crippen LogP contribution in [0.25, 0.3) is 0 Å². The highest BCUT2D eigenvalue weighted by Crippen LogP contribution is 2.20. The molecule has 0 aromatic heterocycles. The van der Waals surface area contributed by atoms with Gasteiger partial charge in [0.1, 0.15) is 0 Å². The SMILES string of the molecule is NS(=O)(=O)c1ccc(N2CCN(Cc3cccc([N+](=O)[O-])c3)CC2)cc1. The lowest BCUT2D eigenvalue weighted by molar-refractivity contribution is -0.384. The summed E-state index contributed by atoms with van der Waals surface area (Å²) in [5, 5.41) is 16.0. The van der Waals surface area contributed by atoms with E-state index in [0.717, 1.165) is 37.4 Å². The number of hydrogen-bond acceptors (Lipinski definition) is 6. The van der Waals surface area contributed by atoms with Gasteiger partial charge >= 0.3 is 0 Å². The molecule has 0 atom stereocenters. The zero-order valence-corrected chi connectivity index (χ0v) is 14.9. The maximum Gasteiger partial charge on any atom is 0.269 e. The van der Waals surface area contributed by atoms with E-state index in [1.807, 2.05) is 6.07 Å². The van der Waals surface area contributed by atoms with Crippen molar-refractivity contribution in [2.75, 3.05) is 31.1 Å². The molecule has 8 nitrogen and oxygen atoms in total. The highest BCUT2D eigenvalue weighted by Gasteiger charge is 2.18. The fourth-order valence-electron chi connectivity index (χ4n) is 3.04. The minimum atomic E-state index is -3.68. The van der Waals surface area contributed by atoms with Gasteiger partial charge in [-0.15, -0.1) is 0 Å². The van der Waals surface area contributed by atoms with E-state index < -0.39 is 10.0 Å². The highest BCUT2D eigenvalue weighted by atomic mass is 32.2. The summed E-state index contributed by atoms with van der Waals surface area (Å²) in [6.07, 6.45) is 0. The predicted octanol–water partition coefficient (Wildman–Crippen LogP) is 1.56. The second-order valence-electron chi connectivity index (χ2n) is 6.23. The van der Waals surface area contributed by atoms with Crippen molar-refractivity contribution in [3.63, 3.8) is 0 Å². The first-order chi connectivity index (χ1) is 12.3. The van der Waals surface area contributed by atoms with Crippen molar-refractivity contribution in [2.45, 2.75) is 11.4 Å². The zero-order chi connectivity index (χ0) is 18.7.